The third-order valence-electron chi connectivity index (χ3n) is 3.73. The van der Waals surface area contributed by atoms with Gasteiger partial charge in [-0.1, -0.05) is 27.2 Å². The Balaban J connectivity index is 2.29. The number of nitrogens with zero attached hydrogens (tertiary/aromatic N) is 1. The minimum atomic E-state index is -0.135. The zero-order valence-corrected chi connectivity index (χ0v) is 10.3. The molecule has 1 unspecified atom stereocenters. The van der Waals surface area contributed by atoms with Gasteiger partial charge in [0.1, 0.15) is 0 Å². The van der Waals surface area contributed by atoms with E-state index < -0.39 is 0 Å². The maximum absolute atomic E-state index is 7.51. The van der Waals surface area contributed by atoms with Gasteiger partial charge in [0, 0.05) is 12.0 Å². The number of hydrogen-bond donors (Lipinski definition) is 2. The monoisotopic (exact) mass is 211 g/mol. The van der Waals surface area contributed by atoms with Crippen LogP contribution in [0.4, 0.5) is 0 Å². The molecule has 3 nitrogen and oxygen atoms in total. The molecule has 0 bridgehead atoms. The molecule has 1 aliphatic heterocycles. The Morgan fingerprint density at radius 2 is 2.20 bits per heavy atom. The number of nitrogens with one attached hydrogen (secondary N) is 1. The Morgan fingerprint density at radius 3 is 2.67 bits per heavy atom. The average molecular weight is 211 g/mol. The summed E-state index contributed by atoms with van der Waals surface area (Å²) in [5.74, 6) is 1.21. The summed E-state index contributed by atoms with van der Waals surface area (Å²) in [4.78, 5) is 2.51. The van der Waals surface area contributed by atoms with Crippen LogP contribution in [0.25, 0.3) is 0 Å². The molecule has 1 aliphatic rings. The molecule has 0 spiro atoms. The van der Waals surface area contributed by atoms with Gasteiger partial charge in [-0.25, -0.2) is 0 Å². The van der Waals surface area contributed by atoms with Crippen molar-refractivity contribution < 1.29 is 0 Å². The van der Waals surface area contributed by atoms with E-state index >= 15 is 0 Å². The van der Waals surface area contributed by atoms with Crippen molar-refractivity contribution in [1.82, 2.24) is 4.90 Å². The van der Waals surface area contributed by atoms with Gasteiger partial charge in [0.2, 0.25) is 0 Å². The summed E-state index contributed by atoms with van der Waals surface area (Å²) >= 11 is 0. The number of amidine groups is 1. The number of likely N-dealkylation sites (tertiary alicyclic amines) is 1. The quantitative estimate of drug-likeness (QED) is 0.540. The maximum Gasteiger partial charge on any atom is 0.0963 e. The minimum Gasteiger partial charge on any atom is -0.387 e. The van der Waals surface area contributed by atoms with E-state index in [9.17, 15) is 0 Å². The lowest BCUT2D eigenvalue weighted by molar-refractivity contribution is 0.282. The molecule has 1 heterocycles. The van der Waals surface area contributed by atoms with Crippen molar-refractivity contribution in [2.24, 2.45) is 17.1 Å². The standard InChI is InChI=1S/C12H25N3/c1-4-10-5-7-15(9-10)8-6-12(2,3)11(13)14/h10H,4-9H2,1-3H3,(H3,13,14). The molecule has 0 aromatic carbocycles. The largest absolute Gasteiger partial charge is 0.387 e. The highest BCUT2D eigenvalue weighted by atomic mass is 15.1. The van der Waals surface area contributed by atoms with E-state index in [0.717, 1.165) is 18.9 Å². The van der Waals surface area contributed by atoms with Crippen molar-refractivity contribution in [3.8, 4) is 0 Å². The second kappa shape index (κ2) is 4.97. The predicted molar refractivity (Wildman–Crippen MR) is 65.2 cm³/mol. The van der Waals surface area contributed by atoms with Crippen LogP contribution in [-0.2, 0) is 0 Å². The molecule has 1 atom stereocenters. The third kappa shape index (κ3) is 3.49. The lowest BCUT2D eigenvalue weighted by atomic mass is 9.88. The Labute approximate surface area is 93.5 Å². The van der Waals surface area contributed by atoms with E-state index in [0.29, 0.717) is 5.84 Å². The second-order valence-electron chi connectivity index (χ2n) is 5.41. The van der Waals surface area contributed by atoms with Gasteiger partial charge in [-0.15, -0.1) is 0 Å². The smallest absolute Gasteiger partial charge is 0.0963 e. The summed E-state index contributed by atoms with van der Waals surface area (Å²) in [5.41, 5.74) is 5.44. The molecule has 1 fully saturated rings. The van der Waals surface area contributed by atoms with E-state index in [-0.39, 0.29) is 5.41 Å². The summed E-state index contributed by atoms with van der Waals surface area (Å²) in [5, 5.41) is 7.51. The van der Waals surface area contributed by atoms with Crippen LogP contribution < -0.4 is 5.73 Å². The van der Waals surface area contributed by atoms with Gasteiger partial charge >= 0.3 is 0 Å². The van der Waals surface area contributed by atoms with Crippen LogP contribution in [0.1, 0.15) is 40.0 Å². The van der Waals surface area contributed by atoms with Gasteiger partial charge in [-0.05, 0) is 31.8 Å². The molecule has 3 N–H and O–H groups in total. The van der Waals surface area contributed by atoms with Crippen molar-refractivity contribution in [1.29, 1.82) is 5.41 Å². The second-order valence-corrected chi connectivity index (χ2v) is 5.41. The van der Waals surface area contributed by atoms with Crippen LogP contribution in [0.2, 0.25) is 0 Å². The summed E-state index contributed by atoms with van der Waals surface area (Å²) in [6, 6.07) is 0. The fraction of sp³-hybridized carbons (Fsp3) is 0.917. The molecule has 0 saturated carbocycles. The van der Waals surface area contributed by atoms with Gasteiger partial charge in [0.05, 0.1) is 5.84 Å². The Morgan fingerprint density at radius 1 is 1.53 bits per heavy atom. The zero-order chi connectivity index (χ0) is 11.5. The van der Waals surface area contributed by atoms with Crippen LogP contribution >= 0.6 is 0 Å². The van der Waals surface area contributed by atoms with Crippen LogP contribution in [0.15, 0.2) is 0 Å². The van der Waals surface area contributed by atoms with Gasteiger partial charge in [-0.2, -0.15) is 0 Å². The van der Waals surface area contributed by atoms with E-state index in [1.807, 2.05) is 0 Å². The van der Waals surface area contributed by atoms with Gasteiger partial charge in [0.25, 0.3) is 0 Å². The third-order valence-corrected chi connectivity index (χ3v) is 3.73. The van der Waals surface area contributed by atoms with Crippen LogP contribution in [-0.4, -0.2) is 30.4 Å². The molecule has 15 heavy (non-hydrogen) atoms. The van der Waals surface area contributed by atoms with E-state index in [2.05, 4.69) is 25.7 Å². The summed E-state index contributed by atoms with van der Waals surface area (Å²) < 4.78 is 0. The molecule has 0 aromatic rings. The molecule has 88 valence electrons. The van der Waals surface area contributed by atoms with Crippen molar-refractivity contribution in [3.63, 3.8) is 0 Å². The van der Waals surface area contributed by atoms with Gasteiger partial charge in [-0.3, -0.25) is 5.41 Å². The Kier molecular flexibility index (Phi) is 4.14. The molecule has 1 saturated heterocycles. The van der Waals surface area contributed by atoms with E-state index in [1.165, 1.54) is 25.9 Å². The average Bonchev–Trinajstić information content (AvgIpc) is 2.62. The molecule has 3 heteroatoms. The molecule has 0 aliphatic carbocycles. The molecule has 0 amide bonds. The highest BCUT2D eigenvalue weighted by molar-refractivity contribution is 5.82. The highest BCUT2D eigenvalue weighted by Crippen LogP contribution is 2.24. The maximum atomic E-state index is 7.51. The lowest BCUT2D eigenvalue weighted by Gasteiger charge is -2.26. The number of rotatable bonds is 5. The fourth-order valence-electron chi connectivity index (χ4n) is 2.02. The minimum absolute atomic E-state index is 0.135. The SMILES string of the molecule is CCC1CCN(CCC(C)(C)C(=N)N)C1. The van der Waals surface area contributed by atoms with Gasteiger partial charge < -0.3 is 10.6 Å². The molecule has 1 rings (SSSR count). The summed E-state index contributed by atoms with van der Waals surface area (Å²) in [6.45, 7) is 9.94. The van der Waals surface area contributed by atoms with Crippen molar-refractivity contribution in [2.75, 3.05) is 19.6 Å². The first-order chi connectivity index (χ1) is 6.95. The Hall–Kier alpha value is -0.570. The van der Waals surface area contributed by atoms with Crippen LogP contribution in [0, 0.1) is 16.7 Å². The predicted octanol–water partition coefficient (Wildman–Crippen LogP) is 2.07. The Bertz CT molecular complexity index is 223. The topological polar surface area (TPSA) is 53.1 Å². The number of nitrogens with two attached hydrogens (primary N) is 1. The number of hydrogen-bond acceptors (Lipinski definition) is 2. The molecule has 0 aromatic heterocycles. The van der Waals surface area contributed by atoms with Crippen LogP contribution in [0.3, 0.4) is 0 Å². The van der Waals surface area contributed by atoms with Crippen molar-refractivity contribution in [3.05, 3.63) is 0 Å². The molecule has 0 radical (unpaired) electrons. The van der Waals surface area contributed by atoms with Crippen LogP contribution in [0.5, 0.6) is 0 Å². The normalized spacial score (nSPS) is 23.3. The molecular formula is C12H25N3. The first kappa shape index (κ1) is 12.5. The van der Waals surface area contributed by atoms with Gasteiger partial charge in [0.15, 0.2) is 0 Å². The molecular weight excluding hydrogens is 186 g/mol. The summed E-state index contributed by atoms with van der Waals surface area (Å²) in [6.07, 6.45) is 3.64. The first-order valence-corrected chi connectivity index (χ1v) is 6.02. The first-order valence-electron chi connectivity index (χ1n) is 6.02. The van der Waals surface area contributed by atoms with Crippen molar-refractivity contribution >= 4 is 5.84 Å². The van der Waals surface area contributed by atoms with E-state index in [4.69, 9.17) is 11.1 Å². The zero-order valence-electron chi connectivity index (χ0n) is 10.3. The van der Waals surface area contributed by atoms with E-state index in [1.54, 1.807) is 0 Å². The summed E-state index contributed by atoms with van der Waals surface area (Å²) in [7, 11) is 0. The lowest BCUT2D eigenvalue weighted by Crippen LogP contribution is -2.35. The fourth-order valence-corrected chi connectivity index (χ4v) is 2.02. The highest BCUT2D eigenvalue weighted by Gasteiger charge is 2.25. The van der Waals surface area contributed by atoms with Crippen molar-refractivity contribution in [2.45, 2.75) is 40.0 Å².